The van der Waals surface area contributed by atoms with Gasteiger partial charge in [-0.15, -0.1) is 0 Å². The van der Waals surface area contributed by atoms with E-state index < -0.39 is 17.9 Å². The highest BCUT2D eigenvalue weighted by molar-refractivity contribution is 7.99. The highest BCUT2D eigenvalue weighted by Gasteiger charge is 2.25. The van der Waals surface area contributed by atoms with E-state index in [1.807, 2.05) is 20.1 Å². The van der Waals surface area contributed by atoms with E-state index in [1.54, 1.807) is 18.7 Å². The number of thioether (sulfide) groups is 1. The van der Waals surface area contributed by atoms with E-state index in [1.165, 1.54) is 0 Å². The first-order valence-corrected chi connectivity index (χ1v) is 6.31. The lowest BCUT2D eigenvalue weighted by Crippen LogP contribution is -2.49. The van der Waals surface area contributed by atoms with Crippen LogP contribution in [0.5, 0.6) is 0 Å². The molecule has 0 aliphatic carbocycles. The summed E-state index contributed by atoms with van der Waals surface area (Å²) in [5, 5.41) is 2.63. The Balaban J connectivity index is 4.11. The van der Waals surface area contributed by atoms with Crippen LogP contribution in [0.3, 0.4) is 0 Å². The molecule has 0 aromatic rings. The molecule has 0 aromatic carbocycles. The molecule has 0 radical (unpaired) electrons. The fraction of sp³-hybridized carbons (Fsp3) is 0.800. The molecule has 0 heterocycles. The summed E-state index contributed by atoms with van der Waals surface area (Å²) in [5.74, 6) is -1.19. The minimum atomic E-state index is -1.24. The quantitative estimate of drug-likeness (QED) is 0.516. The number of rotatable bonds is 6. The summed E-state index contributed by atoms with van der Waals surface area (Å²) >= 11 is 1.63. The van der Waals surface area contributed by atoms with Crippen molar-refractivity contribution in [3.63, 3.8) is 0 Å². The summed E-state index contributed by atoms with van der Waals surface area (Å²) in [6.45, 7) is 6.33. The third kappa shape index (κ3) is 5.37. The number of carbonyl (C=O) groups is 2. The fourth-order valence-electron chi connectivity index (χ4n) is 0.821. The van der Waals surface area contributed by atoms with Crippen molar-refractivity contribution in [1.82, 2.24) is 5.32 Å². The van der Waals surface area contributed by atoms with Gasteiger partial charge in [0.2, 0.25) is 5.91 Å². The molecule has 1 unspecified atom stereocenters. The van der Waals surface area contributed by atoms with Crippen LogP contribution >= 0.6 is 11.8 Å². The molecular formula is C10H20N2O3S. The molecule has 0 aromatic heterocycles. The van der Waals surface area contributed by atoms with Crippen LogP contribution in [0.4, 0.5) is 0 Å². The second-order valence-corrected chi connectivity index (χ2v) is 5.42. The van der Waals surface area contributed by atoms with Crippen molar-refractivity contribution in [3.05, 3.63) is 0 Å². The van der Waals surface area contributed by atoms with E-state index in [-0.39, 0.29) is 11.4 Å². The second-order valence-electron chi connectivity index (χ2n) is 3.91. The van der Waals surface area contributed by atoms with Crippen LogP contribution in [-0.2, 0) is 14.3 Å². The molecule has 0 aliphatic heterocycles. The SMILES string of the molecule is CCOC(=O)C(N)C(=O)NCC(C)(C)SC. The Bertz CT molecular complexity index is 256. The minimum Gasteiger partial charge on any atom is -0.464 e. The monoisotopic (exact) mass is 248 g/mol. The maximum Gasteiger partial charge on any atom is 0.332 e. The topological polar surface area (TPSA) is 81.4 Å². The molecule has 1 amide bonds. The predicted octanol–water partition coefficient (Wildman–Crippen LogP) is 0.135. The van der Waals surface area contributed by atoms with Crippen LogP contribution in [0, 0.1) is 0 Å². The second kappa shape index (κ2) is 6.75. The summed E-state index contributed by atoms with van der Waals surface area (Å²) < 4.78 is 4.57. The van der Waals surface area contributed by atoms with Gasteiger partial charge in [-0.2, -0.15) is 11.8 Å². The van der Waals surface area contributed by atoms with Gasteiger partial charge in [-0.3, -0.25) is 4.79 Å². The third-order valence-electron chi connectivity index (χ3n) is 2.06. The van der Waals surface area contributed by atoms with Crippen molar-refractivity contribution in [2.75, 3.05) is 19.4 Å². The van der Waals surface area contributed by atoms with Crippen molar-refractivity contribution in [2.45, 2.75) is 31.6 Å². The van der Waals surface area contributed by atoms with Gasteiger partial charge in [0.1, 0.15) is 0 Å². The molecule has 0 saturated carbocycles. The summed E-state index contributed by atoms with van der Waals surface area (Å²) in [4.78, 5) is 22.6. The van der Waals surface area contributed by atoms with Gasteiger partial charge in [-0.1, -0.05) is 0 Å². The number of ether oxygens (including phenoxy) is 1. The summed E-state index contributed by atoms with van der Waals surface area (Å²) in [6, 6.07) is -1.24. The van der Waals surface area contributed by atoms with Crippen LogP contribution in [0.25, 0.3) is 0 Å². The highest BCUT2D eigenvalue weighted by atomic mass is 32.2. The van der Waals surface area contributed by atoms with E-state index >= 15 is 0 Å². The summed E-state index contributed by atoms with van der Waals surface area (Å²) in [5.41, 5.74) is 5.42. The van der Waals surface area contributed by atoms with E-state index in [0.29, 0.717) is 6.54 Å². The zero-order chi connectivity index (χ0) is 12.8. The predicted molar refractivity (Wildman–Crippen MR) is 65.2 cm³/mol. The Kier molecular flexibility index (Phi) is 6.43. The van der Waals surface area contributed by atoms with Crippen LogP contribution in [0.1, 0.15) is 20.8 Å². The van der Waals surface area contributed by atoms with Gasteiger partial charge in [-0.05, 0) is 27.0 Å². The van der Waals surface area contributed by atoms with Gasteiger partial charge in [0.15, 0.2) is 6.04 Å². The molecule has 3 N–H and O–H groups in total. The minimum absolute atomic E-state index is 0.0793. The molecule has 6 heteroatoms. The molecule has 16 heavy (non-hydrogen) atoms. The lowest BCUT2D eigenvalue weighted by molar-refractivity contribution is -0.148. The molecule has 0 spiro atoms. The molecule has 1 atom stereocenters. The van der Waals surface area contributed by atoms with Gasteiger partial charge >= 0.3 is 5.97 Å². The molecule has 5 nitrogen and oxygen atoms in total. The Labute approximate surface area is 100 Å². The number of carbonyl (C=O) groups excluding carboxylic acids is 2. The van der Waals surface area contributed by atoms with Gasteiger partial charge < -0.3 is 15.8 Å². The normalized spacial score (nSPS) is 13.1. The molecule has 0 bridgehead atoms. The number of nitrogens with two attached hydrogens (primary N) is 1. The lowest BCUT2D eigenvalue weighted by Gasteiger charge is -2.23. The van der Waals surface area contributed by atoms with Gasteiger partial charge in [-0.25, -0.2) is 4.79 Å². The van der Waals surface area contributed by atoms with Gasteiger partial charge in [0, 0.05) is 11.3 Å². The Morgan fingerprint density at radius 2 is 2.06 bits per heavy atom. The van der Waals surface area contributed by atoms with Crippen LogP contribution in [-0.4, -0.2) is 42.1 Å². The van der Waals surface area contributed by atoms with E-state index in [2.05, 4.69) is 10.1 Å². The van der Waals surface area contributed by atoms with Crippen LogP contribution < -0.4 is 11.1 Å². The average Bonchev–Trinajstić information content (AvgIpc) is 2.25. The summed E-state index contributed by atoms with van der Waals surface area (Å²) in [7, 11) is 0. The Hall–Kier alpha value is -0.750. The number of esters is 1. The highest BCUT2D eigenvalue weighted by Crippen LogP contribution is 2.19. The first-order valence-electron chi connectivity index (χ1n) is 5.09. The maximum atomic E-state index is 11.5. The lowest BCUT2D eigenvalue weighted by atomic mass is 10.2. The van der Waals surface area contributed by atoms with Gasteiger partial charge in [0.05, 0.1) is 6.61 Å². The molecular weight excluding hydrogens is 228 g/mol. The number of hydrogen-bond donors (Lipinski definition) is 2. The van der Waals surface area contributed by atoms with Crippen molar-refractivity contribution in [2.24, 2.45) is 5.73 Å². The van der Waals surface area contributed by atoms with Crippen molar-refractivity contribution in [3.8, 4) is 0 Å². The Morgan fingerprint density at radius 1 is 1.50 bits per heavy atom. The maximum absolute atomic E-state index is 11.5. The summed E-state index contributed by atoms with van der Waals surface area (Å²) in [6.07, 6.45) is 1.96. The first kappa shape index (κ1) is 15.2. The standard InChI is InChI=1S/C10H20N2O3S/c1-5-15-9(14)7(11)8(13)12-6-10(2,3)16-4/h7H,5-6,11H2,1-4H3,(H,12,13). The Morgan fingerprint density at radius 3 is 2.50 bits per heavy atom. The van der Waals surface area contributed by atoms with Crippen molar-refractivity contribution < 1.29 is 14.3 Å². The molecule has 0 rings (SSSR count). The molecule has 0 fully saturated rings. The smallest absolute Gasteiger partial charge is 0.332 e. The molecule has 0 aliphatic rings. The number of amides is 1. The number of nitrogens with one attached hydrogen (secondary N) is 1. The third-order valence-corrected chi connectivity index (χ3v) is 3.31. The van der Waals surface area contributed by atoms with Crippen LogP contribution in [0.15, 0.2) is 0 Å². The zero-order valence-electron chi connectivity index (χ0n) is 10.2. The average molecular weight is 248 g/mol. The first-order chi connectivity index (χ1) is 7.34. The number of hydrogen-bond acceptors (Lipinski definition) is 5. The fourth-order valence-corrected chi connectivity index (χ4v) is 1.04. The van der Waals surface area contributed by atoms with Crippen molar-refractivity contribution in [1.29, 1.82) is 0 Å². The molecule has 0 saturated heterocycles. The molecule has 94 valence electrons. The van der Waals surface area contributed by atoms with Gasteiger partial charge in [0.25, 0.3) is 0 Å². The largest absolute Gasteiger partial charge is 0.464 e. The zero-order valence-corrected chi connectivity index (χ0v) is 11.0. The van der Waals surface area contributed by atoms with Crippen molar-refractivity contribution >= 4 is 23.6 Å². The van der Waals surface area contributed by atoms with E-state index in [4.69, 9.17) is 5.73 Å². The van der Waals surface area contributed by atoms with E-state index in [0.717, 1.165) is 0 Å². The van der Waals surface area contributed by atoms with Crippen LogP contribution in [0.2, 0.25) is 0 Å². The van der Waals surface area contributed by atoms with E-state index in [9.17, 15) is 9.59 Å².